The predicted molar refractivity (Wildman–Crippen MR) is 104 cm³/mol. The number of para-hydroxylation sites is 2. The summed E-state index contributed by atoms with van der Waals surface area (Å²) in [7, 11) is 0. The molecule has 1 amide bonds. The number of carbonyl (C=O) groups is 1. The molecule has 1 aromatic heterocycles. The molecule has 2 atom stereocenters. The standard InChI is InChI=1S/C18H24N4O.2ClH/c1-2-13(16-20-14-5-3-4-6-15(14)21-16)22-17(23)12-11-18(12)7-9-19-10-8-18;;/h3-6,12-13,19H,2,7-11H2,1H3,(H,20,21)(H,22,23);2*1H. The Morgan fingerprint density at radius 1 is 1.32 bits per heavy atom. The number of rotatable bonds is 4. The number of carbonyl (C=O) groups excluding carboxylic acids is 1. The van der Waals surface area contributed by atoms with E-state index in [1.165, 1.54) is 0 Å². The fourth-order valence-electron chi connectivity index (χ4n) is 3.97. The smallest absolute Gasteiger partial charge is 0.224 e. The largest absolute Gasteiger partial charge is 0.346 e. The molecular weight excluding hydrogens is 359 g/mol. The van der Waals surface area contributed by atoms with Crippen LogP contribution in [0.3, 0.4) is 0 Å². The Labute approximate surface area is 160 Å². The lowest BCUT2D eigenvalue weighted by Gasteiger charge is -2.24. The first-order valence-corrected chi connectivity index (χ1v) is 8.67. The topological polar surface area (TPSA) is 69.8 Å². The Hall–Kier alpha value is -1.30. The summed E-state index contributed by atoms with van der Waals surface area (Å²) in [6, 6.07) is 7.96. The molecule has 1 aromatic carbocycles. The number of halogens is 2. The van der Waals surface area contributed by atoms with Gasteiger partial charge in [-0.05, 0) is 56.3 Å². The number of hydrogen-bond acceptors (Lipinski definition) is 3. The molecular formula is C18H26Cl2N4O. The fourth-order valence-corrected chi connectivity index (χ4v) is 3.97. The minimum Gasteiger partial charge on any atom is -0.346 e. The zero-order valence-electron chi connectivity index (χ0n) is 14.4. The number of H-pyrrole nitrogens is 1. The first-order valence-electron chi connectivity index (χ1n) is 8.67. The molecule has 2 unspecified atom stereocenters. The first kappa shape index (κ1) is 20.0. The van der Waals surface area contributed by atoms with Crippen LogP contribution in [0, 0.1) is 11.3 Å². The van der Waals surface area contributed by atoms with Crippen LogP contribution < -0.4 is 10.6 Å². The van der Waals surface area contributed by atoms with Gasteiger partial charge < -0.3 is 15.6 Å². The molecule has 2 fully saturated rings. The highest BCUT2D eigenvalue weighted by atomic mass is 35.5. The zero-order valence-corrected chi connectivity index (χ0v) is 16.0. The van der Waals surface area contributed by atoms with Crippen LogP contribution in [0.5, 0.6) is 0 Å². The number of amides is 1. The highest BCUT2D eigenvalue weighted by Gasteiger charge is 2.57. The number of aromatic amines is 1. The summed E-state index contributed by atoms with van der Waals surface area (Å²) in [5, 5.41) is 6.61. The SMILES string of the molecule is CCC(NC(=O)C1CC12CCNCC2)c1nc2ccccc2[nH]1.Cl.Cl. The van der Waals surface area contributed by atoms with Crippen LogP contribution in [-0.2, 0) is 4.79 Å². The number of benzene rings is 1. The average Bonchev–Trinajstić information content (AvgIpc) is 3.09. The molecule has 25 heavy (non-hydrogen) atoms. The van der Waals surface area contributed by atoms with Crippen molar-refractivity contribution in [2.45, 2.75) is 38.6 Å². The van der Waals surface area contributed by atoms with Crippen LogP contribution in [-0.4, -0.2) is 29.0 Å². The number of imidazole rings is 1. The van der Waals surface area contributed by atoms with Crippen LogP contribution in [0.1, 0.15) is 44.5 Å². The van der Waals surface area contributed by atoms with Crippen molar-refractivity contribution in [3.8, 4) is 0 Å². The van der Waals surface area contributed by atoms with Gasteiger partial charge in [0.05, 0.1) is 17.1 Å². The van der Waals surface area contributed by atoms with Crippen LogP contribution in [0.25, 0.3) is 11.0 Å². The lowest BCUT2D eigenvalue weighted by molar-refractivity contribution is -0.124. The zero-order chi connectivity index (χ0) is 15.9. The lowest BCUT2D eigenvalue weighted by Crippen LogP contribution is -2.35. The Balaban J connectivity index is 0.00000113. The van der Waals surface area contributed by atoms with Gasteiger partial charge in [0.25, 0.3) is 0 Å². The molecule has 1 saturated carbocycles. The third-order valence-electron chi connectivity index (χ3n) is 5.57. The number of hydrogen-bond donors (Lipinski definition) is 3. The van der Waals surface area contributed by atoms with Gasteiger partial charge >= 0.3 is 0 Å². The van der Waals surface area contributed by atoms with Crippen molar-refractivity contribution < 1.29 is 4.79 Å². The van der Waals surface area contributed by atoms with Crippen LogP contribution in [0.15, 0.2) is 24.3 Å². The summed E-state index contributed by atoms with van der Waals surface area (Å²) in [5.74, 6) is 1.27. The van der Waals surface area contributed by atoms with Crippen molar-refractivity contribution >= 4 is 41.8 Å². The quantitative estimate of drug-likeness (QED) is 0.756. The number of piperidine rings is 1. The van der Waals surface area contributed by atoms with Gasteiger partial charge in [0.15, 0.2) is 0 Å². The van der Waals surface area contributed by atoms with Gasteiger partial charge in [-0.25, -0.2) is 4.98 Å². The summed E-state index contributed by atoms with van der Waals surface area (Å²) in [6.07, 6.45) is 4.16. The van der Waals surface area contributed by atoms with E-state index in [1.54, 1.807) is 0 Å². The minimum atomic E-state index is -0.0331. The van der Waals surface area contributed by atoms with E-state index >= 15 is 0 Å². The van der Waals surface area contributed by atoms with E-state index < -0.39 is 0 Å². The number of aromatic nitrogens is 2. The number of nitrogens with zero attached hydrogens (tertiary/aromatic N) is 1. The highest BCUT2D eigenvalue weighted by Crippen LogP contribution is 2.58. The molecule has 7 heteroatoms. The summed E-state index contributed by atoms with van der Waals surface area (Å²) >= 11 is 0. The van der Waals surface area contributed by atoms with Crippen LogP contribution in [0.2, 0.25) is 0 Å². The maximum Gasteiger partial charge on any atom is 0.224 e. The molecule has 4 rings (SSSR count). The monoisotopic (exact) mass is 384 g/mol. The Morgan fingerprint density at radius 2 is 2.04 bits per heavy atom. The molecule has 1 aliphatic heterocycles. The molecule has 0 bridgehead atoms. The van der Waals surface area contributed by atoms with Crippen LogP contribution >= 0.6 is 24.8 Å². The van der Waals surface area contributed by atoms with Gasteiger partial charge in [0.2, 0.25) is 5.91 Å². The van der Waals surface area contributed by atoms with Crippen molar-refractivity contribution in [3.63, 3.8) is 0 Å². The summed E-state index contributed by atoms with van der Waals surface area (Å²) in [4.78, 5) is 20.7. The lowest BCUT2D eigenvalue weighted by atomic mass is 9.91. The van der Waals surface area contributed by atoms with Crippen molar-refractivity contribution in [1.82, 2.24) is 20.6 Å². The molecule has 2 aromatic rings. The molecule has 0 radical (unpaired) electrons. The molecule has 5 nitrogen and oxygen atoms in total. The van der Waals surface area contributed by atoms with E-state index in [2.05, 4.69) is 27.5 Å². The average molecular weight is 385 g/mol. The highest BCUT2D eigenvalue weighted by molar-refractivity contribution is 5.85. The number of fused-ring (bicyclic) bond motifs is 1. The van der Waals surface area contributed by atoms with Crippen molar-refractivity contribution in [1.29, 1.82) is 0 Å². The summed E-state index contributed by atoms with van der Waals surface area (Å²) in [5.41, 5.74) is 2.26. The third-order valence-corrected chi connectivity index (χ3v) is 5.57. The normalized spacial score (nSPS) is 21.9. The minimum absolute atomic E-state index is 0. The van der Waals surface area contributed by atoms with E-state index in [9.17, 15) is 4.79 Å². The molecule has 1 saturated heterocycles. The Bertz CT molecular complexity index is 694. The van der Waals surface area contributed by atoms with Crippen molar-refractivity contribution in [2.75, 3.05) is 13.1 Å². The second-order valence-corrected chi connectivity index (χ2v) is 6.98. The molecule has 1 aliphatic carbocycles. The molecule has 2 aliphatic rings. The van der Waals surface area contributed by atoms with Crippen molar-refractivity contribution in [3.05, 3.63) is 30.1 Å². The summed E-state index contributed by atoms with van der Waals surface area (Å²) < 4.78 is 0. The maximum atomic E-state index is 12.7. The number of nitrogens with one attached hydrogen (secondary N) is 3. The second-order valence-electron chi connectivity index (χ2n) is 6.98. The van der Waals surface area contributed by atoms with Gasteiger partial charge in [-0.1, -0.05) is 19.1 Å². The second kappa shape index (κ2) is 7.94. The summed E-state index contributed by atoms with van der Waals surface area (Å²) in [6.45, 7) is 4.18. The Morgan fingerprint density at radius 3 is 2.72 bits per heavy atom. The Kier molecular flexibility index (Phi) is 6.35. The predicted octanol–water partition coefficient (Wildman–Crippen LogP) is 3.36. The van der Waals surface area contributed by atoms with Gasteiger partial charge in [-0.3, -0.25) is 4.79 Å². The molecule has 1 spiro atoms. The maximum absolute atomic E-state index is 12.7. The van der Waals surface area contributed by atoms with E-state index in [0.717, 1.165) is 55.6 Å². The van der Waals surface area contributed by atoms with E-state index in [-0.39, 0.29) is 48.1 Å². The molecule has 3 N–H and O–H groups in total. The first-order chi connectivity index (χ1) is 11.2. The van der Waals surface area contributed by atoms with E-state index in [0.29, 0.717) is 0 Å². The van der Waals surface area contributed by atoms with Gasteiger partial charge in [0, 0.05) is 5.92 Å². The van der Waals surface area contributed by atoms with Gasteiger partial charge in [-0.15, -0.1) is 24.8 Å². The van der Waals surface area contributed by atoms with Crippen LogP contribution in [0.4, 0.5) is 0 Å². The van der Waals surface area contributed by atoms with Crippen molar-refractivity contribution in [2.24, 2.45) is 11.3 Å². The van der Waals surface area contributed by atoms with Gasteiger partial charge in [-0.2, -0.15) is 0 Å². The van der Waals surface area contributed by atoms with E-state index in [4.69, 9.17) is 0 Å². The third kappa shape index (κ3) is 3.78. The van der Waals surface area contributed by atoms with Gasteiger partial charge in [0.1, 0.15) is 5.82 Å². The molecule has 2 heterocycles. The fraction of sp³-hybridized carbons (Fsp3) is 0.556. The molecule has 138 valence electrons. The van der Waals surface area contributed by atoms with E-state index in [1.807, 2.05) is 24.3 Å².